The number of carbonyl (C=O) groups is 2. The van der Waals surface area contributed by atoms with Gasteiger partial charge in [-0.05, 0) is 55.0 Å². The van der Waals surface area contributed by atoms with Gasteiger partial charge in [-0.3, -0.25) is 9.59 Å². The Balaban J connectivity index is 1.73. The smallest absolute Gasteiger partial charge is 0.233 e. The third-order valence-corrected chi connectivity index (χ3v) is 4.94. The first-order valence-electron chi connectivity index (χ1n) is 10.6. The van der Waals surface area contributed by atoms with Crippen molar-refractivity contribution in [3.05, 3.63) is 59.7 Å². The molecule has 0 N–H and O–H groups in total. The van der Waals surface area contributed by atoms with E-state index in [1.54, 1.807) is 55.6 Å². The van der Waals surface area contributed by atoms with Gasteiger partial charge in [0.15, 0.2) is 0 Å². The number of hydrogen-bond acceptors (Lipinski definition) is 4. The minimum atomic E-state index is -0.528. The number of methoxy groups -OCH3 is 1. The van der Waals surface area contributed by atoms with Crippen molar-refractivity contribution in [1.29, 1.82) is 0 Å². The zero-order valence-electron chi connectivity index (χ0n) is 17.6. The van der Waals surface area contributed by atoms with Crippen molar-refractivity contribution in [2.24, 2.45) is 0 Å². The SMILES string of the molecule is CCCCCCCCCCOc1ccc(C(=O)C(=O)c2ccc(OC)cc2)cc1. The highest BCUT2D eigenvalue weighted by atomic mass is 16.5. The van der Waals surface area contributed by atoms with Crippen LogP contribution in [0.25, 0.3) is 0 Å². The number of benzene rings is 2. The fraction of sp³-hybridized carbons (Fsp3) is 0.440. The molecule has 4 heteroatoms. The van der Waals surface area contributed by atoms with Gasteiger partial charge in [0, 0.05) is 11.1 Å². The normalized spacial score (nSPS) is 10.6. The van der Waals surface area contributed by atoms with E-state index in [9.17, 15) is 9.59 Å². The average Bonchev–Trinajstić information content (AvgIpc) is 2.77. The third-order valence-electron chi connectivity index (χ3n) is 4.94. The van der Waals surface area contributed by atoms with Crippen LogP contribution in [0.15, 0.2) is 48.5 Å². The summed E-state index contributed by atoms with van der Waals surface area (Å²) in [5.74, 6) is 0.318. The summed E-state index contributed by atoms with van der Waals surface area (Å²) >= 11 is 0. The first kappa shape index (κ1) is 22.7. The van der Waals surface area contributed by atoms with E-state index < -0.39 is 11.6 Å². The van der Waals surface area contributed by atoms with Crippen molar-refractivity contribution in [2.75, 3.05) is 13.7 Å². The fourth-order valence-corrected chi connectivity index (χ4v) is 3.13. The zero-order chi connectivity index (χ0) is 20.9. The molecule has 0 bridgehead atoms. The molecule has 0 spiro atoms. The van der Waals surface area contributed by atoms with Gasteiger partial charge >= 0.3 is 0 Å². The van der Waals surface area contributed by atoms with Crippen LogP contribution in [0.4, 0.5) is 0 Å². The van der Waals surface area contributed by atoms with E-state index in [4.69, 9.17) is 9.47 Å². The largest absolute Gasteiger partial charge is 0.497 e. The van der Waals surface area contributed by atoms with Gasteiger partial charge in [-0.15, -0.1) is 0 Å². The van der Waals surface area contributed by atoms with E-state index in [1.807, 2.05) is 0 Å². The summed E-state index contributed by atoms with van der Waals surface area (Å²) in [6, 6.07) is 13.3. The maximum absolute atomic E-state index is 12.4. The van der Waals surface area contributed by atoms with Crippen LogP contribution < -0.4 is 9.47 Å². The van der Waals surface area contributed by atoms with E-state index in [1.165, 1.54) is 44.9 Å². The Morgan fingerprint density at radius 1 is 0.655 bits per heavy atom. The molecule has 0 aliphatic carbocycles. The molecule has 4 nitrogen and oxygen atoms in total. The van der Waals surface area contributed by atoms with Crippen molar-refractivity contribution in [3.8, 4) is 11.5 Å². The minimum absolute atomic E-state index is 0.353. The summed E-state index contributed by atoms with van der Waals surface area (Å²) in [4.78, 5) is 24.8. The number of rotatable bonds is 14. The van der Waals surface area contributed by atoms with Crippen molar-refractivity contribution < 1.29 is 19.1 Å². The lowest BCUT2D eigenvalue weighted by molar-refractivity contribution is 0.0817. The molecular formula is C25H32O4. The highest BCUT2D eigenvalue weighted by molar-refractivity contribution is 6.49. The second-order valence-electron chi connectivity index (χ2n) is 7.23. The Hall–Kier alpha value is -2.62. The highest BCUT2D eigenvalue weighted by Gasteiger charge is 2.18. The number of ketones is 2. The summed E-state index contributed by atoms with van der Waals surface area (Å²) in [6.07, 6.45) is 10.1. The van der Waals surface area contributed by atoms with Crippen LogP contribution in [0.1, 0.15) is 79.0 Å². The Morgan fingerprint density at radius 3 is 1.59 bits per heavy atom. The summed E-state index contributed by atoms with van der Waals surface area (Å²) in [6.45, 7) is 2.91. The molecule has 0 atom stereocenters. The molecule has 0 aliphatic heterocycles. The Morgan fingerprint density at radius 2 is 1.10 bits per heavy atom. The van der Waals surface area contributed by atoms with Crippen molar-refractivity contribution in [2.45, 2.75) is 58.3 Å². The lowest BCUT2D eigenvalue weighted by atomic mass is 10.0. The van der Waals surface area contributed by atoms with Gasteiger partial charge < -0.3 is 9.47 Å². The molecule has 0 aliphatic rings. The van der Waals surface area contributed by atoms with Crippen LogP contribution in [0.2, 0.25) is 0 Å². The molecule has 29 heavy (non-hydrogen) atoms. The van der Waals surface area contributed by atoms with Crippen molar-refractivity contribution in [3.63, 3.8) is 0 Å². The van der Waals surface area contributed by atoms with Crippen LogP contribution in [-0.4, -0.2) is 25.3 Å². The molecule has 0 saturated carbocycles. The predicted octanol–water partition coefficient (Wildman–Crippen LogP) is 6.28. The van der Waals surface area contributed by atoms with E-state index in [-0.39, 0.29) is 0 Å². The van der Waals surface area contributed by atoms with Gasteiger partial charge in [-0.1, -0.05) is 51.9 Å². The standard InChI is InChI=1S/C25H32O4/c1-3-4-5-6-7-8-9-10-19-29-23-17-13-21(14-18-23)25(27)24(26)20-11-15-22(28-2)16-12-20/h11-18H,3-10,19H2,1-2H3. The summed E-state index contributed by atoms with van der Waals surface area (Å²) in [5, 5.41) is 0. The number of carbonyl (C=O) groups excluding carboxylic acids is 2. The number of ether oxygens (including phenoxy) is 2. The molecular weight excluding hydrogens is 364 g/mol. The summed E-state index contributed by atoms with van der Waals surface area (Å²) in [7, 11) is 1.56. The topological polar surface area (TPSA) is 52.6 Å². The number of unbranched alkanes of at least 4 members (excludes halogenated alkanes) is 7. The van der Waals surface area contributed by atoms with Gasteiger partial charge in [0.1, 0.15) is 11.5 Å². The molecule has 2 aromatic carbocycles. The zero-order valence-corrected chi connectivity index (χ0v) is 17.6. The molecule has 0 heterocycles. The molecule has 0 radical (unpaired) electrons. The first-order valence-corrected chi connectivity index (χ1v) is 10.6. The summed E-state index contributed by atoms with van der Waals surface area (Å²) in [5.41, 5.74) is 0.719. The molecule has 2 rings (SSSR count). The molecule has 156 valence electrons. The average molecular weight is 397 g/mol. The van der Waals surface area contributed by atoms with E-state index in [0.29, 0.717) is 23.5 Å². The van der Waals surface area contributed by atoms with Crippen LogP contribution in [0, 0.1) is 0 Å². The predicted molar refractivity (Wildman–Crippen MR) is 116 cm³/mol. The number of Topliss-reactive ketones (excluding diaryl/α,β-unsaturated/α-hetero) is 2. The first-order chi connectivity index (χ1) is 14.2. The second kappa shape index (κ2) is 12.8. The lowest BCUT2D eigenvalue weighted by Crippen LogP contribution is -2.14. The van der Waals surface area contributed by atoms with Crippen molar-refractivity contribution in [1.82, 2.24) is 0 Å². The Labute approximate surface area is 174 Å². The van der Waals surface area contributed by atoms with Gasteiger partial charge in [0.05, 0.1) is 13.7 Å². The van der Waals surface area contributed by atoms with Gasteiger partial charge in [-0.2, -0.15) is 0 Å². The maximum atomic E-state index is 12.4. The highest BCUT2D eigenvalue weighted by Crippen LogP contribution is 2.17. The quantitative estimate of drug-likeness (QED) is 0.214. The molecule has 0 amide bonds. The third kappa shape index (κ3) is 7.72. The van der Waals surface area contributed by atoms with Crippen LogP contribution >= 0.6 is 0 Å². The molecule has 0 fully saturated rings. The van der Waals surface area contributed by atoms with Crippen molar-refractivity contribution >= 4 is 11.6 Å². The molecule has 2 aromatic rings. The van der Waals surface area contributed by atoms with E-state index in [2.05, 4.69) is 6.92 Å². The van der Waals surface area contributed by atoms with Crippen LogP contribution in [0.3, 0.4) is 0 Å². The van der Waals surface area contributed by atoms with Gasteiger partial charge in [-0.25, -0.2) is 0 Å². The molecule has 0 saturated heterocycles. The van der Waals surface area contributed by atoms with Gasteiger partial charge in [0.2, 0.25) is 11.6 Å². The van der Waals surface area contributed by atoms with Crippen LogP contribution in [0.5, 0.6) is 11.5 Å². The van der Waals surface area contributed by atoms with E-state index >= 15 is 0 Å². The summed E-state index contributed by atoms with van der Waals surface area (Å²) < 4.78 is 10.8. The molecule has 0 aromatic heterocycles. The Bertz CT molecular complexity index is 747. The monoisotopic (exact) mass is 396 g/mol. The van der Waals surface area contributed by atoms with E-state index in [0.717, 1.165) is 12.2 Å². The molecule has 0 unspecified atom stereocenters. The maximum Gasteiger partial charge on any atom is 0.233 e. The second-order valence-corrected chi connectivity index (χ2v) is 7.23. The fourth-order valence-electron chi connectivity index (χ4n) is 3.13. The lowest BCUT2D eigenvalue weighted by Gasteiger charge is -2.07. The van der Waals surface area contributed by atoms with Crippen LogP contribution in [-0.2, 0) is 0 Å². The number of hydrogen-bond donors (Lipinski definition) is 0. The minimum Gasteiger partial charge on any atom is -0.497 e. The van der Waals surface area contributed by atoms with Gasteiger partial charge in [0.25, 0.3) is 0 Å². The Kier molecular flexibility index (Phi) is 9.98.